The second-order valence-electron chi connectivity index (χ2n) is 3.19. The van der Waals surface area contributed by atoms with Crippen LogP contribution >= 0.6 is 0 Å². The number of nitrogens with zero attached hydrogens (tertiary/aromatic N) is 1. The number of carbonyl (C=O) groups excluding carboxylic acids is 1. The van der Waals surface area contributed by atoms with Gasteiger partial charge in [-0.2, -0.15) is 0 Å². The highest BCUT2D eigenvalue weighted by Crippen LogP contribution is 2.14. The van der Waals surface area contributed by atoms with Gasteiger partial charge in [0.2, 0.25) is 0 Å². The maximum absolute atomic E-state index is 11.2. The summed E-state index contributed by atoms with van der Waals surface area (Å²) in [6, 6.07) is 0.229. The van der Waals surface area contributed by atoms with Crippen molar-refractivity contribution in [2.45, 2.75) is 32.9 Å². The Hall–Kier alpha value is -0.990. The third kappa shape index (κ3) is 1.78. The number of hydrogen-bond acceptors (Lipinski definition) is 2. The fourth-order valence-corrected chi connectivity index (χ4v) is 1.24. The third-order valence-electron chi connectivity index (χ3n) is 1.89. The molecule has 1 aliphatic heterocycles. The minimum atomic E-state index is -0.201. The van der Waals surface area contributed by atoms with Crippen LogP contribution in [0.1, 0.15) is 20.8 Å². The molecule has 3 heteroatoms. The topological polar surface area (TPSA) is 29.5 Å². The van der Waals surface area contributed by atoms with Crippen LogP contribution in [0.15, 0.2) is 12.2 Å². The smallest absolute Gasteiger partial charge is 0.410 e. The van der Waals surface area contributed by atoms with Gasteiger partial charge in [-0.1, -0.05) is 6.08 Å². The molecule has 1 fully saturated rings. The Morgan fingerprint density at radius 3 is 2.75 bits per heavy atom. The summed E-state index contributed by atoms with van der Waals surface area (Å²) in [5.41, 5.74) is 0. The van der Waals surface area contributed by atoms with Crippen molar-refractivity contribution >= 4 is 6.09 Å². The van der Waals surface area contributed by atoms with Crippen LogP contribution in [-0.2, 0) is 4.74 Å². The first-order valence-corrected chi connectivity index (χ1v) is 4.25. The highest BCUT2D eigenvalue weighted by molar-refractivity contribution is 5.70. The van der Waals surface area contributed by atoms with Gasteiger partial charge >= 0.3 is 6.09 Å². The van der Waals surface area contributed by atoms with Crippen molar-refractivity contribution in [3.8, 4) is 0 Å². The normalized spacial score (nSPS) is 24.2. The highest BCUT2D eigenvalue weighted by Gasteiger charge is 2.30. The summed E-state index contributed by atoms with van der Waals surface area (Å²) < 4.78 is 5.08. The summed E-state index contributed by atoms with van der Waals surface area (Å²) in [4.78, 5) is 12.9. The van der Waals surface area contributed by atoms with E-state index in [9.17, 15) is 4.79 Å². The zero-order chi connectivity index (χ0) is 9.14. The molecule has 68 valence electrons. The molecule has 0 bridgehead atoms. The Bertz CT molecular complexity index is 199. The van der Waals surface area contributed by atoms with E-state index in [4.69, 9.17) is 4.74 Å². The summed E-state index contributed by atoms with van der Waals surface area (Å²) in [5.74, 6) is 0. The molecule has 1 rings (SSSR count). The van der Waals surface area contributed by atoms with Gasteiger partial charge in [-0.05, 0) is 26.8 Å². The Kier molecular flexibility index (Phi) is 2.74. The quantitative estimate of drug-likeness (QED) is 0.590. The van der Waals surface area contributed by atoms with Gasteiger partial charge in [-0.15, -0.1) is 0 Å². The molecule has 1 aliphatic rings. The van der Waals surface area contributed by atoms with Crippen molar-refractivity contribution < 1.29 is 9.53 Å². The molecule has 0 aromatic carbocycles. The first kappa shape index (κ1) is 9.10. The Morgan fingerprint density at radius 2 is 2.33 bits per heavy atom. The molecule has 1 saturated heterocycles. The molecule has 1 atom stereocenters. The second kappa shape index (κ2) is 3.61. The van der Waals surface area contributed by atoms with Crippen molar-refractivity contribution in [1.82, 2.24) is 4.90 Å². The number of hydrogen-bond donors (Lipinski definition) is 0. The van der Waals surface area contributed by atoms with Crippen LogP contribution in [-0.4, -0.2) is 29.7 Å². The molecule has 12 heavy (non-hydrogen) atoms. The van der Waals surface area contributed by atoms with E-state index in [1.54, 1.807) is 4.90 Å². The number of allylic oxidation sites excluding steroid dienone is 1. The molecule has 0 N–H and O–H groups in total. The lowest BCUT2D eigenvalue weighted by Gasteiger charge is -2.16. The molecule has 1 unspecified atom stereocenters. The number of ether oxygens (including phenoxy) is 1. The van der Waals surface area contributed by atoms with Crippen molar-refractivity contribution in [1.29, 1.82) is 0 Å². The van der Waals surface area contributed by atoms with E-state index in [-0.39, 0.29) is 18.2 Å². The van der Waals surface area contributed by atoms with Crippen LogP contribution in [0.4, 0.5) is 4.79 Å². The van der Waals surface area contributed by atoms with Gasteiger partial charge in [0.1, 0.15) is 6.10 Å². The summed E-state index contributed by atoms with van der Waals surface area (Å²) in [5, 5.41) is 0. The van der Waals surface area contributed by atoms with Gasteiger partial charge in [0.05, 0.1) is 6.54 Å². The van der Waals surface area contributed by atoms with Crippen LogP contribution in [0.5, 0.6) is 0 Å². The largest absolute Gasteiger partial charge is 0.440 e. The lowest BCUT2D eigenvalue weighted by molar-refractivity contribution is 0.141. The average Bonchev–Trinajstić information content (AvgIpc) is 2.32. The maximum atomic E-state index is 11.2. The van der Waals surface area contributed by atoms with Gasteiger partial charge in [0.15, 0.2) is 0 Å². The zero-order valence-electron chi connectivity index (χ0n) is 7.78. The molecule has 0 spiro atoms. The molecule has 3 nitrogen and oxygen atoms in total. The maximum Gasteiger partial charge on any atom is 0.410 e. The van der Waals surface area contributed by atoms with Gasteiger partial charge in [0.25, 0.3) is 0 Å². The first-order valence-electron chi connectivity index (χ1n) is 4.25. The van der Waals surface area contributed by atoms with Crippen molar-refractivity contribution in [3.63, 3.8) is 0 Å². The van der Waals surface area contributed by atoms with Gasteiger partial charge in [0, 0.05) is 6.04 Å². The summed E-state index contributed by atoms with van der Waals surface area (Å²) in [7, 11) is 0. The molecule has 0 radical (unpaired) electrons. The van der Waals surface area contributed by atoms with E-state index in [1.165, 1.54) is 0 Å². The number of amides is 1. The second-order valence-corrected chi connectivity index (χ2v) is 3.19. The Balaban J connectivity index is 2.56. The molecular weight excluding hydrogens is 154 g/mol. The van der Waals surface area contributed by atoms with Gasteiger partial charge in [-0.3, -0.25) is 0 Å². The van der Waals surface area contributed by atoms with E-state index < -0.39 is 0 Å². The summed E-state index contributed by atoms with van der Waals surface area (Å²) in [6.45, 7) is 6.57. The monoisotopic (exact) mass is 169 g/mol. The first-order chi connectivity index (χ1) is 5.65. The van der Waals surface area contributed by atoms with E-state index in [2.05, 4.69) is 0 Å². The van der Waals surface area contributed by atoms with E-state index in [0.29, 0.717) is 6.54 Å². The van der Waals surface area contributed by atoms with Gasteiger partial charge in [-0.25, -0.2) is 4.79 Å². The van der Waals surface area contributed by atoms with E-state index in [1.807, 2.05) is 32.9 Å². The molecule has 1 amide bonds. The number of cyclic esters (lactones) is 1. The predicted octanol–water partition coefficient (Wildman–Crippen LogP) is 1.79. The Morgan fingerprint density at radius 1 is 1.67 bits per heavy atom. The number of rotatable bonds is 2. The minimum absolute atomic E-state index is 0.0510. The standard InChI is InChI=1S/C9H15NO2/c1-4-5-8-6-10(7(2)3)9(11)12-8/h4-5,7-8H,6H2,1-3H3. The zero-order valence-corrected chi connectivity index (χ0v) is 7.78. The van der Waals surface area contributed by atoms with Crippen LogP contribution in [0, 0.1) is 0 Å². The third-order valence-corrected chi connectivity index (χ3v) is 1.89. The van der Waals surface area contributed by atoms with Gasteiger partial charge < -0.3 is 9.64 Å². The average molecular weight is 169 g/mol. The van der Waals surface area contributed by atoms with Crippen molar-refractivity contribution in [2.75, 3.05) is 6.54 Å². The fraction of sp³-hybridized carbons (Fsp3) is 0.667. The van der Waals surface area contributed by atoms with Crippen LogP contribution < -0.4 is 0 Å². The lowest BCUT2D eigenvalue weighted by Crippen LogP contribution is -2.31. The molecule has 1 heterocycles. The summed E-state index contributed by atoms with van der Waals surface area (Å²) >= 11 is 0. The molecule has 0 aromatic rings. The lowest BCUT2D eigenvalue weighted by atomic mass is 10.3. The highest BCUT2D eigenvalue weighted by atomic mass is 16.6. The summed E-state index contributed by atoms with van der Waals surface area (Å²) in [6.07, 6.45) is 3.56. The van der Waals surface area contributed by atoms with E-state index >= 15 is 0 Å². The van der Waals surface area contributed by atoms with Crippen molar-refractivity contribution in [2.24, 2.45) is 0 Å². The molecule has 0 aromatic heterocycles. The minimum Gasteiger partial charge on any atom is -0.440 e. The molecule has 0 aliphatic carbocycles. The predicted molar refractivity (Wildman–Crippen MR) is 46.9 cm³/mol. The molecule has 0 saturated carbocycles. The van der Waals surface area contributed by atoms with Crippen LogP contribution in [0.25, 0.3) is 0 Å². The van der Waals surface area contributed by atoms with Crippen LogP contribution in [0.2, 0.25) is 0 Å². The SMILES string of the molecule is CC=CC1CN(C(C)C)C(=O)O1. The van der Waals surface area contributed by atoms with E-state index in [0.717, 1.165) is 0 Å². The Labute approximate surface area is 73.0 Å². The fourth-order valence-electron chi connectivity index (χ4n) is 1.24. The number of carbonyl (C=O) groups is 1. The van der Waals surface area contributed by atoms with Crippen molar-refractivity contribution in [3.05, 3.63) is 12.2 Å². The molecular formula is C9H15NO2. The van der Waals surface area contributed by atoms with Crippen LogP contribution in [0.3, 0.4) is 0 Å².